The van der Waals surface area contributed by atoms with Gasteiger partial charge in [0.25, 0.3) is 0 Å². The number of hydrogen-bond acceptors (Lipinski definition) is 2. The summed E-state index contributed by atoms with van der Waals surface area (Å²) in [4.78, 5) is 0. The van der Waals surface area contributed by atoms with Gasteiger partial charge in [0, 0.05) is 12.7 Å². The van der Waals surface area contributed by atoms with Gasteiger partial charge >= 0.3 is 0 Å². The minimum atomic E-state index is -0.263. The van der Waals surface area contributed by atoms with Gasteiger partial charge in [-0.1, -0.05) is 12.5 Å². The molecule has 1 aromatic rings. The minimum Gasteiger partial charge on any atom is -0.493 e. The number of hydrogen-bond donors (Lipinski definition) is 1. The molecule has 0 amide bonds. The van der Waals surface area contributed by atoms with E-state index in [2.05, 4.69) is 0 Å². The van der Waals surface area contributed by atoms with Crippen LogP contribution in [0.4, 0.5) is 4.39 Å². The van der Waals surface area contributed by atoms with Crippen LogP contribution in [0.25, 0.3) is 0 Å². The van der Waals surface area contributed by atoms with Crippen LogP contribution >= 0.6 is 0 Å². The van der Waals surface area contributed by atoms with Crippen molar-refractivity contribution < 1.29 is 14.2 Å². The molecule has 0 unspecified atom stereocenters. The average Bonchev–Trinajstić information content (AvgIpc) is 2.28. The van der Waals surface area contributed by atoms with E-state index in [-0.39, 0.29) is 12.4 Å². The second kappa shape index (κ2) is 7.23. The van der Waals surface area contributed by atoms with E-state index in [0.29, 0.717) is 12.4 Å². The molecule has 0 aliphatic rings. The third-order valence-electron chi connectivity index (χ3n) is 2.46. The Kier molecular flexibility index (Phi) is 5.86. The number of aryl methyl sites for hydroxylation is 1. The molecular formula is C13H19FO2. The maximum atomic E-state index is 12.9. The smallest absolute Gasteiger partial charge is 0.126 e. The molecule has 0 saturated carbocycles. The molecule has 0 atom stereocenters. The van der Waals surface area contributed by atoms with Crippen LogP contribution in [0.15, 0.2) is 18.2 Å². The maximum absolute atomic E-state index is 12.9. The van der Waals surface area contributed by atoms with Crippen molar-refractivity contribution in [1.29, 1.82) is 0 Å². The lowest BCUT2D eigenvalue weighted by atomic mass is 10.2. The Morgan fingerprint density at radius 2 is 1.94 bits per heavy atom. The van der Waals surface area contributed by atoms with Crippen LogP contribution in [0.2, 0.25) is 0 Å². The molecule has 1 N–H and O–H groups in total. The Morgan fingerprint density at radius 1 is 1.19 bits per heavy atom. The van der Waals surface area contributed by atoms with Gasteiger partial charge < -0.3 is 9.84 Å². The lowest BCUT2D eigenvalue weighted by molar-refractivity contribution is 0.273. The summed E-state index contributed by atoms with van der Waals surface area (Å²) in [6.07, 6.45) is 3.84. The third-order valence-corrected chi connectivity index (χ3v) is 2.46. The highest BCUT2D eigenvalue weighted by Gasteiger charge is 2.00. The molecule has 0 aliphatic carbocycles. The molecule has 0 aromatic heterocycles. The van der Waals surface area contributed by atoms with Gasteiger partial charge in [-0.15, -0.1) is 0 Å². The Bertz CT molecular complexity index is 313. The number of benzene rings is 1. The van der Waals surface area contributed by atoms with Crippen LogP contribution in [-0.4, -0.2) is 18.3 Å². The summed E-state index contributed by atoms with van der Waals surface area (Å²) in [7, 11) is 0. The fourth-order valence-corrected chi connectivity index (χ4v) is 1.48. The zero-order chi connectivity index (χ0) is 11.8. The third kappa shape index (κ3) is 4.62. The molecule has 0 bridgehead atoms. The van der Waals surface area contributed by atoms with E-state index in [1.807, 2.05) is 6.92 Å². The van der Waals surface area contributed by atoms with Crippen LogP contribution in [0.5, 0.6) is 5.75 Å². The first-order chi connectivity index (χ1) is 7.74. The molecule has 0 heterocycles. The number of ether oxygens (including phenoxy) is 1. The van der Waals surface area contributed by atoms with Gasteiger partial charge in [0.2, 0.25) is 0 Å². The molecular weight excluding hydrogens is 207 g/mol. The molecule has 90 valence electrons. The standard InChI is InChI=1S/C13H19FO2/c1-11-6-7-12(14)10-13(11)16-9-5-3-2-4-8-15/h6-7,10,15H,2-5,8-9H2,1H3. The predicted molar refractivity (Wildman–Crippen MR) is 62.2 cm³/mol. The molecule has 0 radical (unpaired) electrons. The highest BCUT2D eigenvalue weighted by atomic mass is 19.1. The van der Waals surface area contributed by atoms with Crippen LogP contribution in [-0.2, 0) is 0 Å². The van der Waals surface area contributed by atoms with Crippen molar-refractivity contribution in [2.24, 2.45) is 0 Å². The molecule has 0 aliphatic heterocycles. The van der Waals surface area contributed by atoms with Gasteiger partial charge in [-0.2, -0.15) is 0 Å². The van der Waals surface area contributed by atoms with Crippen LogP contribution < -0.4 is 4.74 Å². The molecule has 16 heavy (non-hydrogen) atoms. The topological polar surface area (TPSA) is 29.5 Å². The summed E-state index contributed by atoms with van der Waals surface area (Å²) in [6.45, 7) is 2.76. The normalized spacial score (nSPS) is 10.4. The lowest BCUT2D eigenvalue weighted by Gasteiger charge is -2.08. The summed E-state index contributed by atoms with van der Waals surface area (Å²) >= 11 is 0. The van der Waals surface area contributed by atoms with Gasteiger partial charge in [0.1, 0.15) is 11.6 Å². The molecule has 0 spiro atoms. The monoisotopic (exact) mass is 226 g/mol. The van der Waals surface area contributed by atoms with Crippen molar-refractivity contribution in [3.63, 3.8) is 0 Å². The Balaban J connectivity index is 2.23. The zero-order valence-corrected chi connectivity index (χ0v) is 9.71. The summed E-state index contributed by atoms with van der Waals surface area (Å²) in [6, 6.07) is 4.57. The molecule has 2 nitrogen and oxygen atoms in total. The zero-order valence-electron chi connectivity index (χ0n) is 9.71. The van der Waals surface area contributed by atoms with Crippen molar-refractivity contribution in [3.05, 3.63) is 29.6 Å². The summed E-state index contributed by atoms with van der Waals surface area (Å²) in [5.74, 6) is 0.364. The van der Waals surface area contributed by atoms with Crippen LogP contribution in [0.1, 0.15) is 31.2 Å². The molecule has 0 saturated heterocycles. The van der Waals surface area contributed by atoms with Gasteiger partial charge in [-0.25, -0.2) is 4.39 Å². The summed E-state index contributed by atoms with van der Waals surface area (Å²) < 4.78 is 18.4. The van der Waals surface area contributed by atoms with Gasteiger partial charge in [0.05, 0.1) is 6.61 Å². The lowest BCUT2D eigenvalue weighted by Crippen LogP contribution is -1.99. The molecule has 1 rings (SSSR count). The number of rotatable bonds is 7. The van der Waals surface area contributed by atoms with E-state index in [1.54, 1.807) is 6.07 Å². The first-order valence-corrected chi connectivity index (χ1v) is 5.74. The van der Waals surface area contributed by atoms with E-state index < -0.39 is 0 Å². The Labute approximate surface area is 96.1 Å². The highest BCUT2D eigenvalue weighted by molar-refractivity contribution is 5.32. The summed E-state index contributed by atoms with van der Waals surface area (Å²) in [5.41, 5.74) is 0.955. The minimum absolute atomic E-state index is 0.254. The maximum Gasteiger partial charge on any atom is 0.126 e. The second-order valence-corrected chi connectivity index (χ2v) is 3.90. The average molecular weight is 226 g/mol. The Morgan fingerprint density at radius 3 is 2.69 bits per heavy atom. The van der Waals surface area contributed by atoms with Crippen molar-refractivity contribution in [1.82, 2.24) is 0 Å². The van der Waals surface area contributed by atoms with E-state index >= 15 is 0 Å². The Hall–Kier alpha value is -1.09. The number of aliphatic hydroxyl groups is 1. The predicted octanol–water partition coefficient (Wildman–Crippen LogP) is 3.07. The van der Waals surface area contributed by atoms with Gasteiger partial charge in [0.15, 0.2) is 0 Å². The first kappa shape index (κ1) is 13.0. The van der Waals surface area contributed by atoms with E-state index in [1.165, 1.54) is 12.1 Å². The summed E-state index contributed by atoms with van der Waals surface area (Å²) in [5, 5.41) is 8.59. The quantitative estimate of drug-likeness (QED) is 0.724. The van der Waals surface area contributed by atoms with Crippen molar-refractivity contribution in [3.8, 4) is 5.75 Å². The van der Waals surface area contributed by atoms with Crippen LogP contribution in [0.3, 0.4) is 0 Å². The first-order valence-electron chi connectivity index (χ1n) is 5.74. The molecule has 1 aromatic carbocycles. The number of aliphatic hydroxyl groups excluding tert-OH is 1. The van der Waals surface area contributed by atoms with Crippen molar-refractivity contribution in [2.45, 2.75) is 32.6 Å². The van der Waals surface area contributed by atoms with Crippen molar-refractivity contribution >= 4 is 0 Å². The van der Waals surface area contributed by atoms with Crippen molar-refractivity contribution in [2.75, 3.05) is 13.2 Å². The van der Waals surface area contributed by atoms with Crippen LogP contribution in [0, 0.1) is 12.7 Å². The second-order valence-electron chi connectivity index (χ2n) is 3.90. The highest BCUT2D eigenvalue weighted by Crippen LogP contribution is 2.19. The van der Waals surface area contributed by atoms with E-state index in [9.17, 15) is 4.39 Å². The van der Waals surface area contributed by atoms with E-state index in [0.717, 1.165) is 31.2 Å². The van der Waals surface area contributed by atoms with Gasteiger partial charge in [-0.3, -0.25) is 0 Å². The largest absolute Gasteiger partial charge is 0.493 e. The SMILES string of the molecule is Cc1ccc(F)cc1OCCCCCCO. The fourth-order valence-electron chi connectivity index (χ4n) is 1.48. The van der Waals surface area contributed by atoms with E-state index in [4.69, 9.17) is 9.84 Å². The fraction of sp³-hybridized carbons (Fsp3) is 0.538. The number of halogens is 1. The molecule has 3 heteroatoms. The number of unbranched alkanes of at least 4 members (excludes halogenated alkanes) is 3. The molecule has 0 fully saturated rings. The van der Waals surface area contributed by atoms with Gasteiger partial charge in [-0.05, 0) is 37.8 Å².